The van der Waals surface area contributed by atoms with Gasteiger partial charge < -0.3 is 4.90 Å². The van der Waals surface area contributed by atoms with Crippen molar-refractivity contribution in [3.8, 4) is 5.69 Å². The minimum atomic E-state index is -1.30. The van der Waals surface area contributed by atoms with Crippen molar-refractivity contribution >= 4 is 34.5 Å². The summed E-state index contributed by atoms with van der Waals surface area (Å²) >= 11 is 6.15. The first-order valence-electron chi connectivity index (χ1n) is 8.03. The van der Waals surface area contributed by atoms with Crippen molar-refractivity contribution in [3.05, 3.63) is 45.5 Å². The van der Waals surface area contributed by atoms with Crippen molar-refractivity contribution in [2.24, 2.45) is 0 Å². The molecule has 0 aliphatic carbocycles. The van der Waals surface area contributed by atoms with Crippen LogP contribution in [0, 0.1) is 6.92 Å². The fourth-order valence-electron chi connectivity index (χ4n) is 2.63. The fraction of sp³-hybridized carbons (Fsp3) is 0.294. The zero-order chi connectivity index (χ0) is 19.9. The molecule has 10 heteroatoms. The van der Waals surface area contributed by atoms with Crippen molar-refractivity contribution in [1.82, 2.24) is 29.4 Å². The van der Waals surface area contributed by atoms with Crippen molar-refractivity contribution in [3.63, 3.8) is 0 Å². The van der Waals surface area contributed by atoms with Gasteiger partial charge in [0.2, 0.25) is 0 Å². The van der Waals surface area contributed by atoms with Crippen LogP contribution in [0.3, 0.4) is 0 Å². The van der Waals surface area contributed by atoms with Gasteiger partial charge in [-0.05, 0) is 31.5 Å². The monoisotopic (exact) mass is 388 g/mol. The Morgan fingerprint density at radius 2 is 1.96 bits per heavy atom. The Kier molecular flexibility index (Phi) is 4.79. The van der Waals surface area contributed by atoms with E-state index in [1.807, 2.05) is 13.0 Å². The van der Waals surface area contributed by atoms with Crippen LogP contribution >= 0.6 is 11.6 Å². The van der Waals surface area contributed by atoms with Crippen LogP contribution in [0.5, 0.6) is 0 Å². The number of aryl methyl sites for hydroxylation is 1. The van der Waals surface area contributed by atoms with E-state index < -0.39 is 23.3 Å². The molecule has 1 amide bonds. The lowest BCUT2D eigenvalue weighted by Gasteiger charge is -2.19. The van der Waals surface area contributed by atoms with Gasteiger partial charge in [-0.25, -0.2) is 4.98 Å². The summed E-state index contributed by atoms with van der Waals surface area (Å²) < 4.78 is 2.36. The molecule has 9 nitrogen and oxygen atoms in total. The summed E-state index contributed by atoms with van der Waals surface area (Å²) in [5.74, 6) is -1.00. The molecule has 3 aromatic rings. The van der Waals surface area contributed by atoms with E-state index in [1.165, 1.54) is 30.6 Å². The van der Waals surface area contributed by atoms with Crippen molar-refractivity contribution in [2.45, 2.75) is 19.9 Å². The highest BCUT2D eigenvalue weighted by atomic mass is 35.5. The Labute approximate surface area is 159 Å². The lowest BCUT2D eigenvalue weighted by molar-refractivity contribution is -0.137. The quantitative estimate of drug-likeness (QED) is 0.621. The number of halogens is 1. The molecule has 0 spiro atoms. The first-order valence-corrected chi connectivity index (χ1v) is 8.41. The lowest BCUT2D eigenvalue weighted by atomic mass is 10.2. The summed E-state index contributed by atoms with van der Waals surface area (Å²) in [6.45, 7) is 3.11. The number of hydrogen-bond acceptors (Lipinski definition) is 6. The van der Waals surface area contributed by atoms with Gasteiger partial charge in [0.15, 0.2) is 23.0 Å². The third-order valence-electron chi connectivity index (χ3n) is 4.13. The first kappa shape index (κ1) is 18.7. The molecule has 1 aromatic carbocycles. The smallest absolute Gasteiger partial charge is 0.284 e. The van der Waals surface area contributed by atoms with Gasteiger partial charge in [0, 0.05) is 19.1 Å². The Bertz CT molecular complexity index is 1120. The number of ketones is 1. The number of benzene rings is 1. The van der Waals surface area contributed by atoms with Gasteiger partial charge in [-0.15, -0.1) is 5.10 Å². The van der Waals surface area contributed by atoms with E-state index in [9.17, 15) is 14.4 Å². The standard InChI is InChI=1S/C17H17ClN6O3/c1-9-5-6-11(7-12(9)18)24-15-13(20-21-24)16(26)23(8-19-15)14(10(2)25)17(27)22(3)4/h5-8,14H,1-4H3/t14-/m0/s1. The Hall–Kier alpha value is -3.07. The highest BCUT2D eigenvalue weighted by molar-refractivity contribution is 6.31. The number of fused-ring (bicyclic) bond motifs is 1. The third-order valence-corrected chi connectivity index (χ3v) is 4.53. The lowest BCUT2D eigenvalue weighted by Crippen LogP contribution is -2.40. The molecule has 2 aromatic heterocycles. The van der Waals surface area contributed by atoms with Gasteiger partial charge in [-0.1, -0.05) is 22.9 Å². The number of carbonyl (C=O) groups is 2. The summed E-state index contributed by atoms with van der Waals surface area (Å²) in [7, 11) is 3.01. The van der Waals surface area contributed by atoms with Crippen LogP contribution in [0.1, 0.15) is 18.5 Å². The maximum Gasteiger partial charge on any atom is 0.284 e. The number of amides is 1. The van der Waals surface area contributed by atoms with Crippen molar-refractivity contribution in [1.29, 1.82) is 0 Å². The predicted molar refractivity (Wildman–Crippen MR) is 99.1 cm³/mol. The number of likely N-dealkylation sites (N-methyl/N-ethyl adjacent to an activating group) is 1. The zero-order valence-corrected chi connectivity index (χ0v) is 15.9. The van der Waals surface area contributed by atoms with E-state index in [-0.39, 0.29) is 11.2 Å². The number of aromatic nitrogens is 5. The molecule has 27 heavy (non-hydrogen) atoms. The van der Waals surface area contributed by atoms with E-state index in [0.717, 1.165) is 16.5 Å². The highest BCUT2D eigenvalue weighted by Gasteiger charge is 2.29. The third kappa shape index (κ3) is 3.21. The topological polar surface area (TPSA) is 103 Å². The number of rotatable bonds is 4. The van der Waals surface area contributed by atoms with Crippen LogP contribution in [-0.2, 0) is 9.59 Å². The number of nitrogens with zero attached hydrogens (tertiary/aromatic N) is 6. The number of Topliss-reactive ketones (excluding diaryl/α,β-unsaturated/α-hetero) is 1. The Balaban J connectivity index is 2.17. The first-order chi connectivity index (χ1) is 12.7. The fourth-order valence-corrected chi connectivity index (χ4v) is 2.80. The average molecular weight is 389 g/mol. The van der Waals surface area contributed by atoms with Gasteiger partial charge >= 0.3 is 0 Å². The van der Waals surface area contributed by atoms with Crippen LogP contribution in [0.2, 0.25) is 5.02 Å². The molecule has 0 saturated heterocycles. The molecule has 0 N–H and O–H groups in total. The molecule has 2 heterocycles. The van der Waals surface area contributed by atoms with E-state index in [4.69, 9.17) is 11.6 Å². The molecule has 3 rings (SSSR count). The van der Waals surface area contributed by atoms with Gasteiger partial charge in [-0.3, -0.25) is 19.0 Å². The summed E-state index contributed by atoms with van der Waals surface area (Å²) in [6, 6.07) is 3.97. The van der Waals surface area contributed by atoms with Gasteiger partial charge in [0.05, 0.1) is 5.69 Å². The van der Waals surface area contributed by atoms with Crippen molar-refractivity contribution in [2.75, 3.05) is 14.1 Å². The minimum absolute atomic E-state index is 0.0491. The van der Waals surface area contributed by atoms with Crippen molar-refractivity contribution < 1.29 is 9.59 Å². The molecule has 0 saturated carbocycles. The van der Waals surface area contributed by atoms with E-state index >= 15 is 0 Å². The molecular formula is C17H17ClN6O3. The summed E-state index contributed by atoms with van der Waals surface area (Å²) in [5, 5.41) is 8.40. The molecule has 0 aliphatic heterocycles. The normalized spacial score (nSPS) is 12.2. The number of carbonyl (C=O) groups excluding carboxylic acids is 2. The molecule has 0 unspecified atom stereocenters. The molecular weight excluding hydrogens is 372 g/mol. The second kappa shape index (κ2) is 6.92. The molecule has 0 fully saturated rings. The van der Waals surface area contributed by atoms with Crippen LogP contribution in [0.15, 0.2) is 29.3 Å². The second-order valence-corrected chi connectivity index (χ2v) is 6.72. The van der Waals surface area contributed by atoms with Crippen LogP contribution in [-0.4, -0.2) is 55.2 Å². The van der Waals surface area contributed by atoms with E-state index in [1.54, 1.807) is 12.1 Å². The summed E-state index contributed by atoms with van der Waals surface area (Å²) in [4.78, 5) is 42.6. The SMILES string of the molecule is CC(=O)[C@@H](C(=O)N(C)C)n1cnc2c(nnn2-c2ccc(C)c(Cl)c2)c1=O. The molecule has 0 bridgehead atoms. The zero-order valence-electron chi connectivity index (χ0n) is 15.2. The Morgan fingerprint density at radius 1 is 1.26 bits per heavy atom. The van der Waals surface area contributed by atoms with Crippen LogP contribution < -0.4 is 5.56 Å². The van der Waals surface area contributed by atoms with Gasteiger partial charge in [0.1, 0.15) is 6.33 Å². The average Bonchev–Trinajstić information content (AvgIpc) is 3.04. The minimum Gasteiger partial charge on any atom is -0.347 e. The summed E-state index contributed by atoms with van der Waals surface area (Å²) in [5.41, 5.74) is 1.01. The maximum atomic E-state index is 12.8. The molecule has 140 valence electrons. The van der Waals surface area contributed by atoms with Crippen LogP contribution in [0.25, 0.3) is 16.9 Å². The highest BCUT2D eigenvalue weighted by Crippen LogP contribution is 2.20. The van der Waals surface area contributed by atoms with Crippen LogP contribution in [0.4, 0.5) is 0 Å². The van der Waals surface area contributed by atoms with Gasteiger partial charge in [0.25, 0.3) is 11.5 Å². The Morgan fingerprint density at radius 3 is 2.56 bits per heavy atom. The summed E-state index contributed by atoms with van der Waals surface area (Å²) in [6.07, 6.45) is 1.16. The largest absolute Gasteiger partial charge is 0.347 e. The molecule has 1 atom stereocenters. The predicted octanol–water partition coefficient (Wildman–Crippen LogP) is 1.16. The number of hydrogen-bond donors (Lipinski definition) is 0. The second-order valence-electron chi connectivity index (χ2n) is 6.31. The van der Waals surface area contributed by atoms with E-state index in [2.05, 4.69) is 15.3 Å². The molecule has 0 aliphatic rings. The molecule has 0 radical (unpaired) electrons. The van der Waals surface area contributed by atoms with Gasteiger partial charge in [-0.2, -0.15) is 4.68 Å². The maximum absolute atomic E-state index is 12.8. The van der Waals surface area contributed by atoms with E-state index in [0.29, 0.717) is 10.7 Å².